The fourth-order valence-electron chi connectivity index (χ4n) is 10.9. The van der Waals surface area contributed by atoms with Gasteiger partial charge in [0, 0.05) is 6.42 Å². The molecule has 0 aromatic carbocycles. The Balaban J connectivity index is 3.14. The molecule has 0 aliphatic carbocycles. The molecule has 0 atom stereocenters. The van der Waals surface area contributed by atoms with Crippen LogP contribution in [-0.4, -0.2) is 12.6 Å². The summed E-state index contributed by atoms with van der Waals surface area (Å²) in [5, 5.41) is 0. The monoisotopic (exact) mass is 957 g/mol. The SMILES string of the molecule is CCCCCCCCCCCCCCCCCCCCCCCCCCCCCCCCCCCCCCCC(=O)OCCCCCCCCCCCCCCCCCCCCCCCCCC. The van der Waals surface area contributed by atoms with Gasteiger partial charge >= 0.3 is 5.97 Å². The number of hydrogen-bond donors (Lipinski definition) is 0. The van der Waals surface area contributed by atoms with E-state index in [4.69, 9.17) is 4.74 Å². The molecule has 0 radical (unpaired) electrons. The zero-order chi connectivity index (χ0) is 48.8. The van der Waals surface area contributed by atoms with Crippen molar-refractivity contribution in [2.24, 2.45) is 0 Å². The highest BCUT2D eigenvalue weighted by atomic mass is 16.5. The van der Waals surface area contributed by atoms with Gasteiger partial charge in [-0.1, -0.05) is 393 Å². The first kappa shape index (κ1) is 67.5. The van der Waals surface area contributed by atoms with E-state index in [0.29, 0.717) is 13.0 Å². The summed E-state index contributed by atoms with van der Waals surface area (Å²) in [7, 11) is 0. The van der Waals surface area contributed by atoms with Gasteiger partial charge < -0.3 is 4.74 Å². The van der Waals surface area contributed by atoms with Gasteiger partial charge in [0.05, 0.1) is 6.61 Å². The molecule has 0 aliphatic heterocycles. The minimum Gasteiger partial charge on any atom is -0.466 e. The summed E-state index contributed by atoms with van der Waals surface area (Å²) >= 11 is 0. The number of hydrogen-bond acceptors (Lipinski definition) is 2. The Morgan fingerprint density at radius 1 is 0.191 bits per heavy atom. The summed E-state index contributed by atoms with van der Waals surface area (Å²) in [5.41, 5.74) is 0. The average Bonchev–Trinajstić information content (AvgIpc) is 3.35. The zero-order valence-corrected chi connectivity index (χ0v) is 47.9. The van der Waals surface area contributed by atoms with Crippen LogP contribution in [0.1, 0.15) is 412 Å². The average molecular weight is 958 g/mol. The van der Waals surface area contributed by atoms with Crippen LogP contribution in [0.4, 0.5) is 0 Å². The lowest BCUT2D eigenvalue weighted by Crippen LogP contribution is -2.05. The van der Waals surface area contributed by atoms with E-state index in [1.54, 1.807) is 0 Å². The van der Waals surface area contributed by atoms with Crippen LogP contribution in [0.25, 0.3) is 0 Å². The van der Waals surface area contributed by atoms with Gasteiger partial charge in [-0.3, -0.25) is 4.79 Å². The first-order valence-electron chi connectivity index (χ1n) is 33.0. The smallest absolute Gasteiger partial charge is 0.305 e. The summed E-state index contributed by atoms with van der Waals surface area (Å²) < 4.78 is 5.53. The number of unbranched alkanes of at least 4 members (excludes halogenated alkanes) is 59. The van der Waals surface area contributed by atoms with Gasteiger partial charge in [0.15, 0.2) is 0 Å². The van der Waals surface area contributed by atoms with Gasteiger partial charge in [-0.15, -0.1) is 0 Å². The highest BCUT2D eigenvalue weighted by Gasteiger charge is 2.04. The largest absolute Gasteiger partial charge is 0.466 e. The molecular formula is C66H132O2. The van der Waals surface area contributed by atoms with Crippen LogP contribution in [0, 0.1) is 0 Å². The standard InChI is InChI=1S/C66H132O2/c1-3-5-7-9-11-13-15-17-19-21-23-25-27-29-30-31-32-33-34-35-36-37-38-39-40-41-42-44-46-48-50-52-54-56-58-60-62-64-66(67)68-65-63-61-59-57-55-53-51-49-47-45-43-28-26-24-22-20-18-16-14-12-10-8-6-4-2/h3-65H2,1-2H3. The van der Waals surface area contributed by atoms with E-state index in [2.05, 4.69) is 13.8 Å². The van der Waals surface area contributed by atoms with Gasteiger partial charge in [-0.05, 0) is 12.8 Å². The maximum absolute atomic E-state index is 12.1. The molecule has 2 heteroatoms. The third kappa shape index (κ3) is 63.5. The first-order valence-corrected chi connectivity index (χ1v) is 33.0. The Hall–Kier alpha value is -0.530. The Morgan fingerprint density at radius 3 is 0.485 bits per heavy atom. The first-order chi connectivity index (χ1) is 33.8. The fraction of sp³-hybridized carbons (Fsp3) is 0.985. The Bertz CT molecular complexity index is 867. The van der Waals surface area contributed by atoms with E-state index in [1.807, 2.05) is 0 Å². The number of esters is 1. The molecule has 0 rings (SSSR count). The molecule has 0 saturated heterocycles. The fourth-order valence-corrected chi connectivity index (χ4v) is 10.9. The Labute approximate surface area is 432 Å². The molecule has 0 N–H and O–H groups in total. The predicted molar refractivity (Wildman–Crippen MR) is 309 cm³/mol. The number of carbonyl (C=O) groups is 1. The second kappa shape index (κ2) is 64.5. The highest BCUT2D eigenvalue weighted by Crippen LogP contribution is 2.19. The van der Waals surface area contributed by atoms with Crippen LogP contribution >= 0.6 is 0 Å². The molecule has 2 nitrogen and oxygen atoms in total. The quantitative estimate of drug-likeness (QED) is 0.0449. The molecule has 0 amide bonds. The molecule has 0 aliphatic rings. The van der Waals surface area contributed by atoms with Gasteiger partial charge in [-0.2, -0.15) is 0 Å². The van der Waals surface area contributed by atoms with Crippen molar-refractivity contribution < 1.29 is 9.53 Å². The molecule has 408 valence electrons. The second-order valence-corrected chi connectivity index (χ2v) is 22.8. The van der Waals surface area contributed by atoms with Crippen LogP contribution in [0.15, 0.2) is 0 Å². The minimum absolute atomic E-state index is 0.0374. The molecule has 0 bridgehead atoms. The summed E-state index contributed by atoms with van der Waals surface area (Å²) in [5.74, 6) is 0.0374. The van der Waals surface area contributed by atoms with Crippen molar-refractivity contribution in [3.8, 4) is 0 Å². The summed E-state index contributed by atoms with van der Waals surface area (Å²) in [6.07, 6.45) is 87.7. The third-order valence-electron chi connectivity index (χ3n) is 15.7. The summed E-state index contributed by atoms with van der Waals surface area (Å²) in [6, 6.07) is 0. The van der Waals surface area contributed by atoms with Crippen molar-refractivity contribution in [3.63, 3.8) is 0 Å². The van der Waals surface area contributed by atoms with Gasteiger partial charge in [0.25, 0.3) is 0 Å². The molecule has 0 aromatic heterocycles. The van der Waals surface area contributed by atoms with Crippen LogP contribution in [0.5, 0.6) is 0 Å². The molecule has 0 aromatic rings. The lowest BCUT2D eigenvalue weighted by molar-refractivity contribution is -0.143. The lowest BCUT2D eigenvalue weighted by atomic mass is 10.0. The molecular weight excluding hydrogens is 825 g/mol. The minimum atomic E-state index is 0.0374. The topological polar surface area (TPSA) is 26.3 Å². The highest BCUT2D eigenvalue weighted by molar-refractivity contribution is 5.69. The van der Waals surface area contributed by atoms with E-state index in [0.717, 1.165) is 12.8 Å². The van der Waals surface area contributed by atoms with Crippen molar-refractivity contribution in [1.82, 2.24) is 0 Å². The molecule has 0 fully saturated rings. The Morgan fingerprint density at radius 2 is 0.324 bits per heavy atom. The maximum atomic E-state index is 12.1. The predicted octanol–water partition coefficient (Wildman–Crippen LogP) is 24.8. The molecule has 0 spiro atoms. The number of rotatable bonds is 63. The normalized spacial score (nSPS) is 11.6. The van der Waals surface area contributed by atoms with Crippen molar-refractivity contribution in [1.29, 1.82) is 0 Å². The lowest BCUT2D eigenvalue weighted by Gasteiger charge is -2.06. The molecule has 68 heavy (non-hydrogen) atoms. The van der Waals surface area contributed by atoms with Crippen LogP contribution in [0.2, 0.25) is 0 Å². The van der Waals surface area contributed by atoms with Crippen molar-refractivity contribution in [2.45, 2.75) is 412 Å². The van der Waals surface area contributed by atoms with Crippen LogP contribution < -0.4 is 0 Å². The zero-order valence-electron chi connectivity index (χ0n) is 47.9. The number of ether oxygens (including phenoxy) is 1. The van der Waals surface area contributed by atoms with E-state index in [9.17, 15) is 4.79 Å². The summed E-state index contributed by atoms with van der Waals surface area (Å²) in [6.45, 7) is 5.25. The van der Waals surface area contributed by atoms with E-state index in [1.165, 1.54) is 379 Å². The Kier molecular flexibility index (Phi) is 64.0. The summed E-state index contributed by atoms with van der Waals surface area (Å²) in [4.78, 5) is 12.1. The van der Waals surface area contributed by atoms with E-state index >= 15 is 0 Å². The van der Waals surface area contributed by atoms with Crippen molar-refractivity contribution in [2.75, 3.05) is 6.61 Å². The second-order valence-electron chi connectivity index (χ2n) is 22.8. The van der Waals surface area contributed by atoms with E-state index in [-0.39, 0.29) is 5.97 Å². The van der Waals surface area contributed by atoms with Crippen molar-refractivity contribution >= 4 is 5.97 Å². The van der Waals surface area contributed by atoms with Gasteiger partial charge in [0.2, 0.25) is 0 Å². The van der Waals surface area contributed by atoms with Gasteiger partial charge in [-0.25, -0.2) is 0 Å². The molecule has 0 saturated carbocycles. The van der Waals surface area contributed by atoms with Gasteiger partial charge in [0.1, 0.15) is 0 Å². The molecule has 0 heterocycles. The van der Waals surface area contributed by atoms with Crippen LogP contribution in [-0.2, 0) is 9.53 Å². The molecule has 0 unspecified atom stereocenters. The van der Waals surface area contributed by atoms with Crippen LogP contribution in [0.3, 0.4) is 0 Å². The number of carbonyl (C=O) groups excluding carboxylic acids is 1. The van der Waals surface area contributed by atoms with Crippen molar-refractivity contribution in [3.05, 3.63) is 0 Å². The van der Waals surface area contributed by atoms with E-state index < -0.39 is 0 Å². The third-order valence-corrected chi connectivity index (χ3v) is 15.7. The maximum Gasteiger partial charge on any atom is 0.305 e.